The Morgan fingerprint density at radius 1 is 0.955 bits per heavy atom. The molecule has 0 aromatic heterocycles. The molecule has 0 aliphatic heterocycles. The average Bonchev–Trinajstić information content (AvgIpc) is 3.38. The van der Waals surface area contributed by atoms with Crippen molar-refractivity contribution in [1.82, 2.24) is 0 Å². The second kappa shape index (κ2) is 13.4. The van der Waals surface area contributed by atoms with Crippen molar-refractivity contribution in [1.29, 1.82) is 0 Å². The number of unbranched alkanes of at least 4 members (excludes halogenated alkanes) is 10. The first-order valence-electron chi connectivity index (χ1n) is 17.1. The van der Waals surface area contributed by atoms with E-state index in [0.717, 1.165) is 19.3 Å². The van der Waals surface area contributed by atoms with Gasteiger partial charge in [0, 0.05) is 48.9 Å². The third kappa shape index (κ3) is 5.84. The van der Waals surface area contributed by atoms with Crippen LogP contribution in [0.1, 0.15) is 125 Å². The Kier molecular flexibility index (Phi) is 10.6. The lowest BCUT2D eigenvalue weighted by Gasteiger charge is -2.53. The summed E-state index contributed by atoms with van der Waals surface area (Å²) in [5, 5.41) is 34.8. The molecule has 8 heteroatoms. The number of fused-ring (bicyclic) bond motifs is 5. The van der Waals surface area contributed by atoms with Gasteiger partial charge in [-0.15, -0.1) is 0 Å². The Morgan fingerprint density at radius 3 is 2.07 bits per heavy atom. The zero-order valence-corrected chi connectivity index (χ0v) is 27.8. The van der Waals surface area contributed by atoms with Gasteiger partial charge in [-0.05, 0) is 24.5 Å². The molecule has 44 heavy (non-hydrogen) atoms. The SMILES string of the molecule is CCCCCCCCCCCCCC(=O)O[C@@H]1C(C)C2(O)[C@@H](C=C(CO)C[C@]3(O)C(=O)C(C)=C[C@@H]23)C2C(C)(C)C21OC(C)=O. The number of carbonyl (C=O) groups is 3. The number of aliphatic hydroxyl groups excluding tert-OH is 1. The fourth-order valence-corrected chi connectivity index (χ4v) is 9.20. The van der Waals surface area contributed by atoms with E-state index in [9.17, 15) is 29.7 Å². The molecule has 0 saturated heterocycles. The summed E-state index contributed by atoms with van der Waals surface area (Å²) >= 11 is 0. The van der Waals surface area contributed by atoms with E-state index in [4.69, 9.17) is 9.47 Å². The molecule has 0 heterocycles. The van der Waals surface area contributed by atoms with Crippen molar-refractivity contribution in [3.05, 3.63) is 23.3 Å². The zero-order chi connectivity index (χ0) is 32.5. The third-order valence-electron chi connectivity index (χ3n) is 11.5. The van der Waals surface area contributed by atoms with Crippen LogP contribution in [0.3, 0.4) is 0 Å². The summed E-state index contributed by atoms with van der Waals surface area (Å²) in [5.74, 6) is -4.29. The summed E-state index contributed by atoms with van der Waals surface area (Å²) in [4.78, 5) is 39.1. The Labute approximate surface area is 263 Å². The molecule has 8 atom stereocenters. The highest BCUT2D eigenvalue weighted by Gasteiger charge is 2.87. The number of carbonyl (C=O) groups excluding carboxylic acids is 3. The molecule has 0 aromatic carbocycles. The van der Waals surface area contributed by atoms with Crippen molar-refractivity contribution < 1.29 is 39.2 Å². The van der Waals surface area contributed by atoms with Crippen LogP contribution in [0.25, 0.3) is 0 Å². The van der Waals surface area contributed by atoms with Crippen LogP contribution in [0.2, 0.25) is 0 Å². The number of hydrogen-bond donors (Lipinski definition) is 3. The summed E-state index contributed by atoms with van der Waals surface area (Å²) in [6.07, 6.45) is 15.4. The largest absolute Gasteiger partial charge is 0.458 e. The molecule has 4 rings (SSSR count). The molecule has 0 bridgehead atoms. The van der Waals surface area contributed by atoms with Gasteiger partial charge in [0.1, 0.15) is 11.7 Å². The lowest BCUT2D eigenvalue weighted by atomic mass is 9.59. The second-order valence-corrected chi connectivity index (χ2v) is 14.7. The van der Waals surface area contributed by atoms with Crippen molar-refractivity contribution in [2.45, 2.75) is 148 Å². The molecule has 0 amide bonds. The highest BCUT2D eigenvalue weighted by atomic mass is 16.6. The van der Waals surface area contributed by atoms with Crippen molar-refractivity contribution in [2.75, 3.05) is 6.61 Å². The van der Waals surface area contributed by atoms with Gasteiger partial charge in [0.25, 0.3) is 0 Å². The number of esters is 2. The minimum absolute atomic E-state index is 0.108. The Hall–Kier alpha value is -2.03. The summed E-state index contributed by atoms with van der Waals surface area (Å²) in [6.45, 7) is 10.4. The van der Waals surface area contributed by atoms with Crippen LogP contribution in [-0.4, -0.2) is 62.6 Å². The van der Waals surface area contributed by atoms with Gasteiger partial charge in [-0.1, -0.05) is 104 Å². The molecule has 4 aliphatic carbocycles. The molecule has 248 valence electrons. The highest BCUT2D eigenvalue weighted by molar-refractivity contribution is 6.04. The van der Waals surface area contributed by atoms with Crippen LogP contribution in [-0.2, 0) is 23.9 Å². The number of aliphatic hydroxyl groups is 3. The van der Waals surface area contributed by atoms with Crippen LogP contribution in [0.4, 0.5) is 0 Å². The standard InChI is InChI=1S/C36H56O8/c1-7-8-9-10-11-12-13-14-15-16-17-18-29(39)43-32-24(3)35(42)27(30-33(5,6)36(30,32)44-25(4)38)20-26(22-37)21-34(41)28(35)19-23(2)31(34)40/h19-20,24,27-28,30,32,37,41-42H,7-18,21-22H2,1-6H3/t24?,27-,28+,30?,32+,34+,35?,36?/m0/s1. The normalized spacial score (nSPS) is 36.8. The smallest absolute Gasteiger partial charge is 0.306 e. The van der Waals surface area contributed by atoms with Crippen LogP contribution in [0.5, 0.6) is 0 Å². The van der Waals surface area contributed by atoms with Crippen molar-refractivity contribution in [2.24, 2.45) is 29.1 Å². The van der Waals surface area contributed by atoms with Crippen LogP contribution < -0.4 is 0 Å². The van der Waals surface area contributed by atoms with Gasteiger partial charge in [0.15, 0.2) is 11.4 Å². The van der Waals surface area contributed by atoms with Gasteiger partial charge in [-0.2, -0.15) is 0 Å². The fraction of sp³-hybridized carbons (Fsp3) is 0.806. The number of ether oxygens (including phenoxy) is 2. The number of hydrogen-bond acceptors (Lipinski definition) is 8. The molecule has 2 fully saturated rings. The van der Waals surface area contributed by atoms with Crippen molar-refractivity contribution in [3.63, 3.8) is 0 Å². The average molecular weight is 617 g/mol. The van der Waals surface area contributed by atoms with Crippen LogP contribution >= 0.6 is 0 Å². The lowest BCUT2D eigenvalue weighted by Crippen LogP contribution is -2.66. The maximum Gasteiger partial charge on any atom is 0.306 e. The first-order chi connectivity index (χ1) is 20.7. The summed E-state index contributed by atoms with van der Waals surface area (Å²) < 4.78 is 12.3. The minimum Gasteiger partial charge on any atom is -0.458 e. The number of ketones is 1. The van der Waals surface area contributed by atoms with E-state index >= 15 is 0 Å². The molecule has 0 spiro atoms. The fourth-order valence-electron chi connectivity index (χ4n) is 9.20. The van der Waals surface area contributed by atoms with Gasteiger partial charge in [0.2, 0.25) is 0 Å². The van der Waals surface area contributed by atoms with Gasteiger partial charge >= 0.3 is 11.9 Å². The molecule has 3 N–H and O–H groups in total. The topological polar surface area (TPSA) is 130 Å². The molecule has 2 saturated carbocycles. The van der Waals surface area contributed by atoms with E-state index in [1.807, 2.05) is 13.8 Å². The van der Waals surface area contributed by atoms with E-state index in [1.54, 1.807) is 26.0 Å². The molecular formula is C36H56O8. The van der Waals surface area contributed by atoms with Crippen LogP contribution in [0.15, 0.2) is 23.3 Å². The summed E-state index contributed by atoms with van der Waals surface area (Å²) in [7, 11) is 0. The third-order valence-corrected chi connectivity index (χ3v) is 11.5. The van der Waals surface area contributed by atoms with Gasteiger partial charge in [0.05, 0.1) is 12.2 Å². The molecule has 8 nitrogen and oxygen atoms in total. The maximum atomic E-state index is 13.3. The Balaban J connectivity index is 1.51. The molecule has 0 radical (unpaired) electrons. The predicted octanol–water partition coefficient (Wildman–Crippen LogP) is 5.75. The van der Waals surface area contributed by atoms with E-state index in [0.29, 0.717) is 17.6 Å². The summed E-state index contributed by atoms with van der Waals surface area (Å²) in [6, 6.07) is 0. The summed E-state index contributed by atoms with van der Waals surface area (Å²) in [5.41, 5.74) is -4.71. The second-order valence-electron chi connectivity index (χ2n) is 14.7. The molecular weight excluding hydrogens is 560 g/mol. The van der Waals surface area contributed by atoms with Gasteiger partial charge in [-0.25, -0.2) is 0 Å². The quantitative estimate of drug-likeness (QED) is 0.120. The van der Waals surface area contributed by atoms with E-state index < -0.39 is 69.7 Å². The number of rotatable bonds is 15. The number of Topliss-reactive ketones (excluding diaryl/α,β-unsaturated/α-hetero) is 1. The first kappa shape index (κ1) is 34.8. The molecule has 4 unspecified atom stereocenters. The van der Waals surface area contributed by atoms with Gasteiger partial charge < -0.3 is 24.8 Å². The van der Waals surface area contributed by atoms with E-state index in [2.05, 4.69) is 6.92 Å². The van der Waals surface area contributed by atoms with E-state index in [1.165, 1.54) is 51.9 Å². The zero-order valence-electron chi connectivity index (χ0n) is 27.8. The maximum absolute atomic E-state index is 13.3. The lowest BCUT2D eigenvalue weighted by molar-refractivity contribution is -0.228. The van der Waals surface area contributed by atoms with Crippen molar-refractivity contribution in [3.8, 4) is 0 Å². The predicted molar refractivity (Wildman–Crippen MR) is 167 cm³/mol. The first-order valence-corrected chi connectivity index (χ1v) is 17.1. The molecule has 0 aromatic rings. The monoisotopic (exact) mass is 616 g/mol. The molecule has 4 aliphatic rings. The highest BCUT2D eigenvalue weighted by Crippen LogP contribution is 2.77. The minimum atomic E-state index is -1.93. The van der Waals surface area contributed by atoms with Crippen LogP contribution in [0, 0.1) is 29.1 Å². The van der Waals surface area contributed by atoms with Crippen molar-refractivity contribution >= 4 is 17.7 Å². The van der Waals surface area contributed by atoms with E-state index in [-0.39, 0.29) is 19.4 Å². The Bertz CT molecular complexity index is 1150. The Morgan fingerprint density at radius 2 is 1.52 bits per heavy atom. The van der Waals surface area contributed by atoms with Gasteiger partial charge in [-0.3, -0.25) is 14.4 Å².